The van der Waals surface area contributed by atoms with Crippen LogP contribution in [0.25, 0.3) is 0 Å². The molecule has 0 aromatic carbocycles. The monoisotopic (exact) mass is 181 g/mol. The predicted octanol–water partition coefficient (Wildman–Crippen LogP) is 1.90. The summed E-state index contributed by atoms with van der Waals surface area (Å²) >= 11 is 0. The fraction of sp³-hybridized carbons (Fsp3) is 0.818. The van der Waals surface area contributed by atoms with E-state index < -0.39 is 0 Å². The van der Waals surface area contributed by atoms with Crippen molar-refractivity contribution >= 4 is 0 Å². The summed E-state index contributed by atoms with van der Waals surface area (Å²) in [6.45, 7) is 6.87. The van der Waals surface area contributed by atoms with E-state index in [2.05, 4.69) is 31.0 Å². The Morgan fingerprint density at radius 3 is 2.85 bits per heavy atom. The lowest BCUT2D eigenvalue weighted by molar-refractivity contribution is 0.0231. The molecule has 1 rings (SSSR count). The van der Waals surface area contributed by atoms with Crippen LogP contribution in [0.4, 0.5) is 0 Å². The number of ether oxygens (including phenoxy) is 1. The zero-order valence-electron chi connectivity index (χ0n) is 8.81. The molecular weight excluding hydrogens is 162 g/mol. The van der Waals surface area contributed by atoms with E-state index in [-0.39, 0.29) is 5.72 Å². The van der Waals surface area contributed by atoms with Gasteiger partial charge in [0.2, 0.25) is 0 Å². The second-order valence-corrected chi connectivity index (χ2v) is 3.98. The Morgan fingerprint density at radius 2 is 2.31 bits per heavy atom. The number of hydrogen-bond donors (Lipinski definition) is 1. The molecule has 1 aliphatic heterocycles. The largest absolute Gasteiger partial charge is 0.360 e. The molecule has 2 heteroatoms. The van der Waals surface area contributed by atoms with Crippen molar-refractivity contribution < 1.29 is 4.74 Å². The molecule has 1 fully saturated rings. The molecule has 1 unspecified atom stereocenters. The molecule has 1 atom stereocenters. The highest BCUT2D eigenvalue weighted by atomic mass is 16.5. The maximum Gasteiger partial charge on any atom is 0.113 e. The highest BCUT2D eigenvalue weighted by Crippen LogP contribution is 2.17. The molecule has 0 bridgehead atoms. The molecule has 0 saturated carbocycles. The Labute approximate surface area is 81.0 Å². The van der Waals surface area contributed by atoms with Gasteiger partial charge in [0.15, 0.2) is 0 Å². The second-order valence-electron chi connectivity index (χ2n) is 3.98. The van der Waals surface area contributed by atoms with Crippen LogP contribution in [0.1, 0.15) is 40.0 Å². The fourth-order valence-corrected chi connectivity index (χ4v) is 1.60. The van der Waals surface area contributed by atoms with Crippen molar-refractivity contribution in [3.8, 4) is 11.8 Å². The Morgan fingerprint density at radius 1 is 1.54 bits per heavy atom. The smallest absolute Gasteiger partial charge is 0.113 e. The zero-order valence-corrected chi connectivity index (χ0v) is 8.81. The van der Waals surface area contributed by atoms with Gasteiger partial charge in [-0.25, -0.2) is 0 Å². The molecule has 0 aliphatic carbocycles. The quantitative estimate of drug-likeness (QED) is 0.530. The average Bonchev–Trinajstić information content (AvgIpc) is 2.40. The lowest BCUT2D eigenvalue weighted by Crippen LogP contribution is -2.38. The molecule has 0 spiro atoms. The minimum atomic E-state index is -0.124. The minimum Gasteiger partial charge on any atom is -0.360 e. The topological polar surface area (TPSA) is 21.3 Å². The van der Waals surface area contributed by atoms with Crippen molar-refractivity contribution in [2.75, 3.05) is 6.61 Å². The van der Waals surface area contributed by atoms with Crippen LogP contribution in [-0.2, 0) is 4.74 Å². The van der Waals surface area contributed by atoms with Gasteiger partial charge in [0.05, 0.1) is 6.61 Å². The first-order valence-corrected chi connectivity index (χ1v) is 4.95. The van der Waals surface area contributed by atoms with Crippen LogP contribution < -0.4 is 5.32 Å². The van der Waals surface area contributed by atoms with Crippen LogP contribution in [0.5, 0.6) is 0 Å². The van der Waals surface area contributed by atoms with Crippen LogP contribution >= 0.6 is 0 Å². The summed E-state index contributed by atoms with van der Waals surface area (Å²) < 4.78 is 5.56. The van der Waals surface area contributed by atoms with E-state index in [4.69, 9.17) is 4.74 Å². The normalized spacial score (nSPS) is 25.3. The maximum atomic E-state index is 5.56. The van der Waals surface area contributed by atoms with E-state index in [1.807, 2.05) is 6.92 Å². The molecule has 1 N–H and O–H groups in total. The summed E-state index contributed by atoms with van der Waals surface area (Å²) in [5.41, 5.74) is -0.124. The predicted molar refractivity (Wildman–Crippen MR) is 54.3 cm³/mol. The third kappa shape index (κ3) is 3.80. The van der Waals surface area contributed by atoms with E-state index in [0.717, 1.165) is 25.9 Å². The first-order chi connectivity index (χ1) is 6.14. The summed E-state index contributed by atoms with van der Waals surface area (Å²) in [6, 6.07) is 0.522. The SMILES string of the molecule is CC#CCCCC1COC(C)(C)N1. The maximum absolute atomic E-state index is 5.56. The molecule has 0 amide bonds. The average molecular weight is 181 g/mol. The standard InChI is InChI=1S/C11H19NO/c1-4-5-6-7-8-10-9-13-11(2,3)12-10/h10,12H,6-9H2,1-3H3. The van der Waals surface area contributed by atoms with Gasteiger partial charge in [0, 0.05) is 12.5 Å². The summed E-state index contributed by atoms with van der Waals surface area (Å²) in [5.74, 6) is 5.98. The van der Waals surface area contributed by atoms with Crippen molar-refractivity contribution in [1.29, 1.82) is 0 Å². The minimum absolute atomic E-state index is 0.124. The van der Waals surface area contributed by atoms with E-state index in [0.29, 0.717) is 6.04 Å². The third-order valence-corrected chi connectivity index (χ3v) is 2.23. The highest BCUT2D eigenvalue weighted by Gasteiger charge is 2.29. The number of nitrogens with one attached hydrogen (secondary N) is 1. The Balaban J connectivity index is 2.13. The summed E-state index contributed by atoms with van der Waals surface area (Å²) in [7, 11) is 0. The van der Waals surface area contributed by atoms with E-state index in [9.17, 15) is 0 Å². The van der Waals surface area contributed by atoms with Gasteiger partial charge in [-0.05, 0) is 33.6 Å². The van der Waals surface area contributed by atoms with Crippen LogP contribution in [0.15, 0.2) is 0 Å². The molecular formula is C11H19NO. The highest BCUT2D eigenvalue weighted by molar-refractivity contribution is 4.95. The van der Waals surface area contributed by atoms with Crippen molar-refractivity contribution in [2.24, 2.45) is 0 Å². The zero-order chi connectivity index (χ0) is 9.73. The third-order valence-electron chi connectivity index (χ3n) is 2.23. The summed E-state index contributed by atoms with van der Waals surface area (Å²) in [4.78, 5) is 0. The van der Waals surface area contributed by atoms with Gasteiger partial charge in [-0.3, -0.25) is 5.32 Å². The van der Waals surface area contributed by atoms with E-state index in [1.165, 1.54) is 0 Å². The second kappa shape index (κ2) is 4.64. The van der Waals surface area contributed by atoms with Gasteiger partial charge >= 0.3 is 0 Å². The molecule has 2 nitrogen and oxygen atoms in total. The van der Waals surface area contributed by atoms with Crippen molar-refractivity contribution in [3.63, 3.8) is 0 Å². The summed E-state index contributed by atoms with van der Waals surface area (Å²) in [6.07, 6.45) is 3.34. The Hall–Kier alpha value is -0.520. The van der Waals surface area contributed by atoms with Gasteiger partial charge in [0.25, 0.3) is 0 Å². The Kier molecular flexibility index (Phi) is 3.77. The number of unbranched alkanes of at least 4 members (excludes halogenated alkanes) is 1. The molecule has 0 aromatic rings. The van der Waals surface area contributed by atoms with Gasteiger partial charge in [-0.1, -0.05) is 0 Å². The van der Waals surface area contributed by atoms with Crippen LogP contribution in [0.3, 0.4) is 0 Å². The Bertz CT molecular complexity index is 212. The van der Waals surface area contributed by atoms with Crippen LogP contribution in [-0.4, -0.2) is 18.4 Å². The number of hydrogen-bond acceptors (Lipinski definition) is 2. The van der Waals surface area contributed by atoms with Gasteiger partial charge in [-0.2, -0.15) is 0 Å². The van der Waals surface area contributed by atoms with Crippen molar-refractivity contribution in [3.05, 3.63) is 0 Å². The molecule has 0 radical (unpaired) electrons. The van der Waals surface area contributed by atoms with Crippen molar-refractivity contribution in [2.45, 2.75) is 51.8 Å². The first kappa shape index (κ1) is 10.6. The molecule has 13 heavy (non-hydrogen) atoms. The van der Waals surface area contributed by atoms with Gasteiger partial charge in [0.1, 0.15) is 5.72 Å². The van der Waals surface area contributed by atoms with E-state index >= 15 is 0 Å². The number of rotatable bonds is 3. The molecule has 0 aromatic heterocycles. The lowest BCUT2D eigenvalue weighted by Gasteiger charge is -2.17. The molecule has 1 aliphatic rings. The van der Waals surface area contributed by atoms with Crippen molar-refractivity contribution in [1.82, 2.24) is 5.32 Å². The lowest BCUT2D eigenvalue weighted by atomic mass is 10.1. The summed E-state index contributed by atoms with van der Waals surface area (Å²) in [5, 5.41) is 3.44. The molecule has 1 saturated heterocycles. The first-order valence-electron chi connectivity index (χ1n) is 4.95. The fourth-order valence-electron chi connectivity index (χ4n) is 1.60. The van der Waals surface area contributed by atoms with Crippen LogP contribution in [0, 0.1) is 11.8 Å². The molecule has 1 heterocycles. The van der Waals surface area contributed by atoms with Gasteiger partial charge in [-0.15, -0.1) is 11.8 Å². The van der Waals surface area contributed by atoms with Gasteiger partial charge < -0.3 is 4.74 Å². The van der Waals surface area contributed by atoms with Crippen LogP contribution in [0.2, 0.25) is 0 Å². The molecule has 74 valence electrons. The van der Waals surface area contributed by atoms with E-state index in [1.54, 1.807) is 0 Å².